The SMILES string of the molecule is CCCCCCCCCCCCCCCCCC/C=C/CC/C=C/CC/C=C/C(O)C(CO)NC(=O)CCCCCCCCCCCCCCCCCCCCCCCCCCCCCCCCCCCCCCCCCCC. The van der Waals surface area contributed by atoms with Crippen molar-refractivity contribution >= 4 is 5.91 Å². The number of rotatable bonds is 69. The molecule has 0 aromatic carbocycles. The maximum absolute atomic E-state index is 12.5. The first kappa shape index (κ1) is 77.6. The highest BCUT2D eigenvalue weighted by atomic mass is 16.3. The van der Waals surface area contributed by atoms with Gasteiger partial charge in [0.15, 0.2) is 0 Å². The zero-order valence-corrected chi connectivity index (χ0v) is 54.2. The number of amides is 1. The quantitative estimate of drug-likeness (QED) is 0.0420. The van der Waals surface area contributed by atoms with Gasteiger partial charge in [-0.25, -0.2) is 0 Å². The smallest absolute Gasteiger partial charge is 0.220 e. The number of unbranched alkanes of at least 4 members (excludes halogenated alkanes) is 58. The number of hydrogen-bond acceptors (Lipinski definition) is 3. The van der Waals surface area contributed by atoms with Crippen LogP contribution in [0.1, 0.15) is 418 Å². The zero-order valence-electron chi connectivity index (χ0n) is 54.2. The van der Waals surface area contributed by atoms with Gasteiger partial charge in [-0.15, -0.1) is 0 Å². The molecule has 1 amide bonds. The molecule has 2 atom stereocenters. The van der Waals surface area contributed by atoms with E-state index in [1.807, 2.05) is 6.08 Å². The van der Waals surface area contributed by atoms with Crippen LogP contribution in [0.15, 0.2) is 36.5 Å². The van der Waals surface area contributed by atoms with Crippen LogP contribution >= 0.6 is 0 Å². The summed E-state index contributed by atoms with van der Waals surface area (Å²) in [4.78, 5) is 12.5. The van der Waals surface area contributed by atoms with Crippen molar-refractivity contribution in [2.45, 2.75) is 431 Å². The van der Waals surface area contributed by atoms with Crippen LogP contribution in [0.5, 0.6) is 0 Å². The van der Waals surface area contributed by atoms with Crippen molar-refractivity contribution < 1.29 is 15.0 Å². The van der Waals surface area contributed by atoms with Crippen molar-refractivity contribution in [3.8, 4) is 0 Å². The second-order valence-electron chi connectivity index (χ2n) is 25.4. The molecule has 0 aromatic rings. The highest BCUT2D eigenvalue weighted by Gasteiger charge is 2.18. The van der Waals surface area contributed by atoms with E-state index in [1.165, 1.54) is 360 Å². The van der Waals surface area contributed by atoms with Gasteiger partial charge >= 0.3 is 0 Å². The molecule has 3 N–H and O–H groups in total. The molecule has 0 saturated carbocycles. The van der Waals surface area contributed by atoms with Gasteiger partial charge in [-0.1, -0.05) is 403 Å². The number of carbonyl (C=O) groups is 1. The average molecular weight is 1110 g/mol. The van der Waals surface area contributed by atoms with Gasteiger partial charge in [0.05, 0.1) is 18.8 Å². The van der Waals surface area contributed by atoms with Gasteiger partial charge < -0.3 is 15.5 Å². The fraction of sp³-hybridized carbons (Fsp3) is 0.907. The molecular formula is C75H145NO3. The van der Waals surface area contributed by atoms with Crippen molar-refractivity contribution in [1.29, 1.82) is 0 Å². The topological polar surface area (TPSA) is 69.6 Å². The molecule has 0 aliphatic heterocycles. The molecule has 0 aliphatic carbocycles. The number of nitrogens with one attached hydrogen (secondary N) is 1. The summed E-state index contributed by atoms with van der Waals surface area (Å²) in [6.45, 7) is 4.35. The van der Waals surface area contributed by atoms with Crippen molar-refractivity contribution in [1.82, 2.24) is 5.32 Å². The summed E-state index contributed by atoms with van der Waals surface area (Å²) in [5, 5.41) is 23.3. The molecule has 79 heavy (non-hydrogen) atoms. The predicted octanol–water partition coefficient (Wildman–Crippen LogP) is 25.1. The molecule has 0 fully saturated rings. The predicted molar refractivity (Wildman–Crippen MR) is 355 cm³/mol. The first-order valence-electron chi connectivity index (χ1n) is 36.7. The van der Waals surface area contributed by atoms with E-state index in [1.54, 1.807) is 6.08 Å². The Kier molecular flexibility index (Phi) is 69.6. The molecule has 4 nitrogen and oxygen atoms in total. The van der Waals surface area contributed by atoms with Crippen LogP contribution in [0.2, 0.25) is 0 Å². The highest BCUT2D eigenvalue weighted by Crippen LogP contribution is 2.20. The van der Waals surface area contributed by atoms with Crippen LogP contribution in [-0.4, -0.2) is 34.9 Å². The van der Waals surface area contributed by atoms with Gasteiger partial charge in [-0.2, -0.15) is 0 Å². The van der Waals surface area contributed by atoms with Gasteiger partial charge in [-0.3, -0.25) is 4.79 Å². The molecular weight excluding hydrogens is 963 g/mol. The van der Waals surface area contributed by atoms with Gasteiger partial charge in [0.1, 0.15) is 0 Å². The number of aliphatic hydroxyl groups excluding tert-OH is 2. The van der Waals surface area contributed by atoms with E-state index in [4.69, 9.17) is 0 Å². The van der Waals surface area contributed by atoms with Crippen molar-refractivity contribution in [2.24, 2.45) is 0 Å². The van der Waals surface area contributed by atoms with Gasteiger partial charge in [0.2, 0.25) is 5.91 Å². The van der Waals surface area contributed by atoms with Crippen LogP contribution in [0.4, 0.5) is 0 Å². The minimum atomic E-state index is -0.870. The second kappa shape index (κ2) is 70.9. The van der Waals surface area contributed by atoms with E-state index in [9.17, 15) is 15.0 Å². The molecule has 468 valence electrons. The lowest BCUT2D eigenvalue weighted by Crippen LogP contribution is -2.45. The van der Waals surface area contributed by atoms with Gasteiger partial charge in [0.25, 0.3) is 0 Å². The lowest BCUT2D eigenvalue weighted by Gasteiger charge is -2.19. The van der Waals surface area contributed by atoms with Crippen LogP contribution in [0.3, 0.4) is 0 Å². The second-order valence-corrected chi connectivity index (χ2v) is 25.4. The normalized spacial score (nSPS) is 12.8. The third-order valence-electron chi connectivity index (χ3n) is 17.4. The Morgan fingerprint density at radius 1 is 0.291 bits per heavy atom. The minimum absolute atomic E-state index is 0.0692. The van der Waals surface area contributed by atoms with E-state index in [-0.39, 0.29) is 12.5 Å². The van der Waals surface area contributed by atoms with E-state index < -0.39 is 12.1 Å². The first-order chi connectivity index (χ1) is 39.2. The summed E-state index contributed by atoms with van der Waals surface area (Å²) in [7, 11) is 0. The number of allylic oxidation sites excluding steroid dienone is 5. The first-order valence-corrected chi connectivity index (χ1v) is 36.7. The molecule has 4 heteroatoms. The molecule has 0 bridgehead atoms. The summed E-state index contributed by atoms with van der Waals surface area (Å²) in [6, 6.07) is -0.646. The largest absolute Gasteiger partial charge is 0.394 e. The van der Waals surface area contributed by atoms with Gasteiger partial charge in [-0.05, 0) is 44.9 Å². The van der Waals surface area contributed by atoms with Crippen LogP contribution in [0.25, 0.3) is 0 Å². The highest BCUT2D eigenvalue weighted by molar-refractivity contribution is 5.76. The van der Waals surface area contributed by atoms with E-state index in [2.05, 4.69) is 43.5 Å². The van der Waals surface area contributed by atoms with Crippen molar-refractivity contribution in [3.63, 3.8) is 0 Å². The van der Waals surface area contributed by atoms with Crippen LogP contribution < -0.4 is 5.32 Å². The summed E-state index contributed by atoms with van der Waals surface area (Å²) in [5.41, 5.74) is 0. The van der Waals surface area contributed by atoms with Crippen LogP contribution in [0, 0.1) is 0 Å². The summed E-state index contributed by atoms with van der Waals surface area (Å²) < 4.78 is 0. The molecule has 0 aromatic heterocycles. The summed E-state index contributed by atoms with van der Waals surface area (Å²) in [5.74, 6) is -0.0692. The van der Waals surface area contributed by atoms with Crippen molar-refractivity contribution in [3.05, 3.63) is 36.5 Å². The zero-order chi connectivity index (χ0) is 56.9. The van der Waals surface area contributed by atoms with Crippen LogP contribution in [-0.2, 0) is 4.79 Å². The van der Waals surface area contributed by atoms with E-state index in [0.29, 0.717) is 6.42 Å². The Morgan fingerprint density at radius 2 is 0.494 bits per heavy atom. The molecule has 0 heterocycles. The van der Waals surface area contributed by atoms with Crippen molar-refractivity contribution in [2.75, 3.05) is 6.61 Å². The summed E-state index contributed by atoms with van der Waals surface area (Å²) in [6.07, 6.45) is 98.4. The molecule has 0 rings (SSSR count). The number of hydrogen-bond donors (Lipinski definition) is 3. The lowest BCUT2D eigenvalue weighted by atomic mass is 10.0. The Balaban J connectivity index is 3.41. The molecule has 2 unspecified atom stereocenters. The fourth-order valence-corrected chi connectivity index (χ4v) is 11.8. The molecule has 0 aliphatic rings. The molecule has 0 spiro atoms. The lowest BCUT2D eigenvalue weighted by molar-refractivity contribution is -0.123. The third kappa shape index (κ3) is 67.3. The Bertz CT molecular complexity index is 1210. The Labute approximate surface area is 497 Å². The van der Waals surface area contributed by atoms with E-state index in [0.717, 1.165) is 38.5 Å². The number of aliphatic hydroxyl groups is 2. The Morgan fingerprint density at radius 3 is 0.734 bits per heavy atom. The maximum Gasteiger partial charge on any atom is 0.220 e. The monoisotopic (exact) mass is 1110 g/mol. The number of carbonyl (C=O) groups excluding carboxylic acids is 1. The van der Waals surface area contributed by atoms with E-state index >= 15 is 0 Å². The maximum atomic E-state index is 12.5. The third-order valence-corrected chi connectivity index (χ3v) is 17.4. The molecule has 0 saturated heterocycles. The standard InChI is InChI=1S/C75H145NO3/c1-3-5-7-9-11-13-15-17-19-21-23-25-27-29-31-32-33-34-35-36-37-38-39-40-41-42-43-44-45-47-49-51-53-55-57-59-61-63-65-67-69-71-75(79)76-73(72-77)74(78)70-68-66-64-62-60-58-56-54-52-50-48-46-30-28-26-24-22-20-18-16-14-12-10-8-6-4-2/h52,54,60,62,68,70,73-74,77-78H,3-51,53,55-59,61,63-67,69,71-72H2,1-2H3,(H,76,79)/b54-52+,62-60+,70-68+. The van der Waals surface area contributed by atoms with Gasteiger partial charge in [0, 0.05) is 6.42 Å². The average Bonchev–Trinajstić information content (AvgIpc) is 3.45. The summed E-state index contributed by atoms with van der Waals surface area (Å²) >= 11 is 0. The fourth-order valence-electron chi connectivity index (χ4n) is 11.8. The minimum Gasteiger partial charge on any atom is -0.394 e. The Hall–Kier alpha value is -1.39. The molecule has 0 radical (unpaired) electrons.